The molecule has 0 amide bonds. The molecule has 0 bridgehead atoms. The summed E-state index contributed by atoms with van der Waals surface area (Å²) in [7, 11) is 0. The zero-order chi connectivity index (χ0) is 23.8. The first-order valence-corrected chi connectivity index (χ1v) is 11.6. The van der Waals surface area contributed by atoms with Crippen LogP contribution in [-0.4, -0.2) is 104 Å². The Morgan fingerprint density at radius 2 is 1.00 bits per heavy atom. The highest BCUT2D eigenvalue weighted by molar-refractivity contribution is 6.03. The quantitative estimate of drug-likeness (QED) is 0.225. The number of carbonyl (C=O) groups is 2. The van der Waals surface area contributed by atoms with Gasteiger partial charge in [0.1, 0.15) is 13.2 Å². The summed E-state index contributed by atoms with van der Waals surface area (Å²) >= 11 is 0. The summed E-state index contributed by atoms with van der Waals surface area (Å²) in [5.41, 5.74) is 0.292. The summed E-state index contributed by atoms with van der Waals surface area (Å²) in [5.74, 6) is -0.250. The standard InChI is InChI=1S/C24H34O10/c25-23(33-11-9-27-5-7-29-13-19-15-31-16-19)21-3-1-2-4-22(21)24(26)34-12-10-28-6-8-30-14-20-17-32-18-20/h1-4,19-20H,5-18H2. The monoisotopic (exact) mass is 482 g/mol. The van der Waals surface area contributed by atoms with Gasteiger partial charge >= 0.3 is 11.9 Å². The molecular formula is C24H34O10. The first kappa shape index (κ1) is 26.5. The van der Waals surface area contributed by atoms with Crippen molar-refractivity contribution in [2.45, 2.75) is 0 Å². The average molecular weight is 483 g/mol. The second kappa shape index (κ2) is 15.8. The van der Waals surface area contributed by atoms with E-state index < -0.39 is 11.9 Å². The highest BCUT2D eigenvalue weighted by Gasteiger charge is 2.20. The Morgan fingerprint density at radius 3 is 1.38 bits per heavy atom. The topological polar surface area (TPSA) is 108 Å². The van der Waals surface area contributed by atoms with Crippen LogP contribution < -0.4 is 0 Å². The lowest BCUT2D eigenvalue weighted by atomic mass is 10.1. The summed E-state index contributed by atoms with van der Waals surface area (Å²) in [6.07, 6.45) is 0. The van der Waals surface area contributed by atoms with Gasteiger partial charge in [-0.2, -0.15) is 0 Å². The molecule has 10 nitrogen and oxygen atoms in total. The number of carbonyl (C=O) groups excluding carboxylic acids is 2. The fraction of sp³-hybridized carbons (Fsp3) is 0.667. The van der Waals surface area contributed by atoms with Crippen molar-refractivity contribution in [1.82, 2.24) is 0 Å². The zero-order valence-electron chi connectivity index (χ0n) is 19.4. The Hall–Kier alpha value is -2.08. The predicted octanol–water partition coefficient (Wildman–Crippen LogP) is 1.36. The van der Waals surface area contributed by atoms with E-state index in [2.05, 4.69) is 0 Å². The molecule has 0 aliphatic carbocycles. The zero-order valence-corrected chi connectivity index (χ0v) is 19.4. The normalized spacial score (nSPS) is 16.0. The van der Waals surface area contributed by atoms with Gasteiger partial charge < -0.3 is 37.9 Å². The molecule has 0 saturated carbocycles. The van der Waals surface area contributed by atoms with E-state index in [-0.39, 0.29) is 37.6 Å². The van der Waals surface area contributed by atoms with Crippen molar-refractivity contribution in [2.75, 3.05) is 92.5 Å². The lowest BCUT2D eigenvalue weighted by molar-refractivity contribution is -0.0782. The summed E-state index contributed by atoms with van der Waals surface area (Å²) in [6.45, 7) is 6.77. The first-order chi connectivity index (χ1) is 16.7. The lowest BCUT2D eigenvalue weighted by Gasteiger charge is -2.25. The van der Waals surface area contributed by atoms with E-state index >= 15 is 0 Å². The van der Waals surface area contributed by atoms with Crippen molar-refractivity contribution in [2.24, 2.45) is 11.8 Å². The van der Waals surface area contributed by atoms with Gasteiger partial charge in [-0.15, -0.1) is 0 Å². The van der Waals surface area contributed by atoms with Crippen LogP contribution in [0.1, 0.15) is 20.7 Å². The first-order valence-electron chi connectivity index (χ1n) is 11.6. The summed E-state index contributed by atoms with van der Waals surface area (Å²) < 4.78 is 42.3. The van der Waals surface area contributed by atoms with Gasteiger partial charge in [-0.25, -0.2) is 9.59 Å². The fourth-order valence-electron chi connectivity index (χ4n) is 3.08. The number of hydrogen-bond acceptors (Lipinski definition) is 10. The van der Waals surface area contributed by atoms with Gasteiger partial charge in [0.05, 0.1) is 90.4 Å². The maximum absolute atomic E-state index is 12.4. The summed E-state index contributed by atoms with van der Waals surface area (Å²) in [6, 6.07) is 6.37. The molecule has 2 aliphatic heterocycles. The second-order valence-electron chi connectivity index (χ2n) is 8.00. The Morgan fingerprint density at radius 1 is 0.618 bits per heavy atom. The Balaban J connectivity index is 1.23. The Bertz CT molecular complexity index is 671. The third kappa shape index (κ3) is 9.65. The summed E-state index contributed by atoms with van der Waals surface area (Å²) in [5, 5.41) is 0. The predicted molar refractivity (Wildman–Crippen MR) is 119 cm³/mol. The van der Waals surface area contributed by atoms with Crippen molar-refractivity contribution < 1.29 is 47.5 Å². The van der Waals surface area contributed by atoms with Crippen molar-refractivity contribution >= 4 is 11.9 Å². The van der Waals surface area contributed by atoms with E-state index in [1.807, 2.05) is 0 Å². The van der Waals surface area contributed by atoms with E-state index in [1.54, 1.807) is 12.1 Å². The molecule has 190 valence electrons. The minimum atomic E-state index is -0.609. The third-order valence-electron chi connectivity index (χ3n) is 5.15. The molecule has 2 heterocycles. The van der Waals surface area contributed by atoms with Gasteiger partial charge in [0.2, 0.25) is 0 Å². The van der Waals surface area contributed by atoms with E-state index in [4.69, 9.17) is 37.9 Å². The molecule has 0 radical (unpaired) electrons. The van der Waals surface area contributed by atoms with Crippen LogP contribution in [0.15, 0.2) is 24.3 Å². The summed E-state index contributed by atoms with van der Waals surface area (Å²) in [4.78, 5) is 24.8. The Labute approximate surface area is 199 Å². The smallest absolute Gasteiger partial charge is 0.339 e. The molecule has 2 fully saturated rings. The number of hydrogen-bond donors (Lipinski definition) is 0. The largest absolute Gasteiger partial charge is 0.460 e. The van der Waals surface area contributed by atoms with Gasteiger partial charge in [0.25, 0.3) is 0 Å². The van der Waals surface area contributed by atoms with Crippen LogP contribution in [0.25, 0.3) is 0 Å². The number of benzene rings is 1. The Kier molecular flexibility index (Phi) is 12.3. The van der Waals surface area contributed by atoms with Crippen LogP contribution in [0.3, 0.4) is 0 Å². The molecule has 0 spiro atoms. The minimum absolute atomic E-state index is 0.0718. The van der Waals surface area contributed by atoms with Crippen molar-refractivity contribution in [3.63, 3.8) is 0 Å². The number of esters is 2. The average Bonchev–Trinajstić information content (AvgIpc) is 2.79. The molecule has 3 rings (SSSR count). The third-order valence-corrected chi connectivity index (χ3v) is 5.15. The van der Waals surface area contributed by atoms with Crippen LogP contribution in [0, 0.1) is 11.8 Å². The molecule has 0 unspecified atom stereocenters. The molecule has 2 saturated heterocycles. The van der Waals surface area contributed by atoms with E-state index in [9.17, 15) is 9.59 Å². The number of rotatable bonds is 18. The molecule has 1 aromatic rings. The highest BCUT2D eigenvalue weighted by Crippen LogP contribution is 2.13. The molecule has 34 heavy (non-hydrogen) atoms. The molecule has 10 heteroatoms. The van der Waals surface area contributed by atoms with Crippen molar-refractivity contribution in [1.29, 1.82) is 0 Å². The molecule has 0 N–H and O–H groups in total. The van der Waals surface area contributed by atoms with Gasteiger partial charge in [-0.1, -0.05) is 12.1 Å². The van der Waals surface area contributed by atoms with Crippen LogP contribution in [0.4, 0.5) is 0 Å². The van der Waals surface area contributed by atoms with Crippen LogP contribution in [-0.2, 0) is 37.9 Å². The molecule has 0 aromatic heterocycles. The highest BCUT2D eigenvalue weighted by atomic mass is 16.6. The minimum Gasteiger partial charge on any atom is -0.460 e. The van der Waals surface area contributed by atoms with Gasteiger partial charge in [-0.05, 0) is 12.1 Å². The SMILES string of the molecule is O=C(OCCOCCOCC1COC1)c1ccccc1C(=O)OCCOCCOCC1COC1. The van der Waals surface area contributed by atoms with Crippen LogP contribution >= 0.6 is 0 Å². The van der Waals surface area contributed by atoms with Gasteiger partial charge in [0.15, 0.2) is 0 Å². The van der Waals surface area contributed by atoms with Gasteiger partial charge in [0, 0.05) is 11.8 Å². The number of ether oxygens (including phenoxy) is 8. The molecule has 2 aliphatic rings. The maximum atomic E-state index is 12.4. The van der Waals surface area contributed by atoms with E-state index in [0.717, 1.165) is 26.4 Å². The molecule has 0 atom stereocenters. The second-order valence-corrected chi connectivity index (χ2v) is 8.00. The molecule has 1 aromatic carbocycles. The van der Waals surface area contributed by atoms with E-state index in [0.29, 0.717) is 51.5 Å². The molecular weight excluding hydrogens is 448 g/mol. The van der Waals surface area contributed by atoms with Crippen LogP contribution in [0.5, 0.6) is 0 Å². The van der Waals surface area contributed by atoms with Crippen molar-refractivity contribution in [3.05, 3.63) is 35.4 Å². The fourth-order valence-corrected chi connectivity index (χ4v) is 3.08. The van der Waals surface area contributed by atoms with Crippen molar-refractivity contribution in [3.8, 4) is 0 Å². The van der Waals surface area contributed by atoms with Gasteiger partial charge in [-0.3, -0.25) is 0 Å². The van der Waals surface area contributed by atoms with E-state index in [1.165, 1.54) is 12.1 Å². The lowest BCUT2D eigenvalue weighted by Crippen LogP contribution is -2.32. The maximum Gasteiger partial charge on any atom is 0.339 e. The van der Waals surface area contributed by atoms with Crippen LogP contribution in [0.2, 0.25) is 0 Å².